The summed E-state index contributed by atoms with van der Waals surface area (Å²) in [6.07, 6.45) is 0. The summed E-state index contributed by atoms with van der Waals surface area (Å²) in [5, 5.41) is 0. The Morgan fingerprint density at radius 3 is 1.82 bits per heavy atom. The highest BCUT2D eigenvalue weighted by Gasteiger charge is 2.33. The predicted molar refractivity (Wildman–Crippen MR) is 61.6 cm³/mol. The van der Waals surface area contributed by atoms with E-state index in [1.165, 1.54) is 0 Å². The lowest BCUT2D eigenvalue weighted by molar-refractivity contribution is 0.225. The van der Waals surface area contributed by atoms with Crippen molar-refractivity contribution in [3.05, 3.63) is 0 Å². The molecular weight excluding hydrogens is 356 g/mol. The summed E-state index contributed by atoms with van der Waals surface area (Å²) in [6.45, 7) is 4.62. The number of hydrogen-bond donors (Lipinski definition) is 0. The van der Waals surface area contributed by atoms with Gasteiger partial charge in [0, 0.05) is 26.2 Å². The number of hydrogen-bond acceptors (Lipinski definition) is 2. The fourth-order valence-electron chi connectivity index (χ4n) is 1.06. The van der Waals surface area contributed by atoms with Crippen molar-refractivity contribution in [2.75, 3.05) is 33.2 Å². The zero-order valence-corrected chi connectivity index (χ0v) is 12.1. The number of piperazine rings is 1. The van der Waals surface area contributed by atoms with Crippen molar-refractivity contribution in [3.63, 3.8) is 0 Å². The van der Waals surface area contributed by atoms with Crippen LogP contribution in [-0.2, 0) is 0 Å². The number of likely N-dealkylation sites (N-methyl/N-ethyl adjacent to an activating group) is 1. The van der Waals surface area contributed by atoms with E-state index in [2.05, 4.69) is 62.4 Å². The lowest BCUT2D eigenvalue weighted by Crippen LogP contribution is -2.51. The summed E-state index contributed by atoms with van der Waals surface area (Å²) in [5.74, 6) is 0. The molecule has 11 heavy (non-hydrogen) atoms. The molecule has 1 aliphatic rings. The molecule has 0 aliphatic carbocycles. The molecule has 6 heteroatoms. The van der Waals surface area contributed by atoms with Gasteiger partial charge in [0.25, 0.3) is 0 Å². The Morgan fingerprint density at radius 2 is 1.45 bits per heavy atom. The van der Waals surface area contributed by atoms with Gasteiger partial charge in [-0.05, 0) is 7.05 Å². The van der Waals surface area contributed by atoms with Crippen molar-refractivity contribution in [2.24, 2.45) is 0 Å². The molecule has 1 aliphatic heterocycles. The van der Waals surface area contributed by atoms with Crippen molar-refractivity contribution in [2.45, 2.75) is 0 Å². The van der Waals surface area contributed by atoms with E-state index in [-0.39, 0.29) is 0 Å². The normalized spacial score (nSPS) is 24.0. The first-order chi connectivity index (χ1) is 5.00. The SMILES string of the molecule is CN1CCN([Si](Br)(Br)Br)CC1. The second-order valence-electron chi connectivity index (χ2n) is 2.76. The van der Waals surface area contributed by atoms with Crippen molar-refractivity contribution >= 4 is 50.0 Å². The molecule has 0 radical (unpaired) electrons. The Morgan fingerprint density at radius 1 is 1.00 bits per heavy atom. The average molecular weight is 367 g/mol. The van der Waals surface area contributed by atoms with Gasteiger partial charge in [-0.2, -0.15) is 0 Å². The third-order valence-electron chi connectivity index (χ3n) is 1.86. The van der Waals surface area contributed by atoms with Gasteiger partial charge in [0.15, 0.2) is 0 Å². The van der Waals surface area contributed by atoms with Gasteiger partial charge >= 0.3 is 4.09 Å². The minimum atomic E-state index is -1.54. The van der Waals surface area contributed by atoms with Crippen LogP contribution in [0.5, 0.6) is 0 Å². The van der Waals surface area contributed by atoms with Crippen molar-refractivity contribution in [3.8, 4) is 0 Å². The largest absolute Gasteiger partial charge is 0.344 e. The molecule has 0 saturated carbocycles. The Bertz CT molecular complexity index is 130. The first-order valence-corrected chi connectivity index (χ1v) is 12.2. The Hall–Kier alpha value is 1.58. The second kappa shape index (κ2) is 4.19. The summed E-state index contributed by atoms with van der Waals surface area (Å²) in [6, 6.07) is 0. The highest BCUT2D eigenvalue weighted by Crippen LogP contribution is 2.31. The molecule has 0 unspecified atom stereocenters. The monoisotopic (exact) mass is 364 g/mol. The summed E-state index contributed by atoms with van der Waals surface area (Å²) in [4.78, 5) is 2.35. The maximum absolute atomic E-state index is 3.64. The van der Waals surface area contributed by atoms with E-state index >= 15 is 0 Å². The first-order valence-electron chi connectivity index (χ1n) is 3.50. The lowest BCUT2D eigenvalue weighted by atomic mass is 10.4. The van der Waals surface area contributed by atoms with Crippen LogP contribution in [0.3, 0.4) is 0 Å². The van der Waals surface area contributed by atoms with Crippen molar-refractivity contribution in [1.82, 2.24) is 9.47 Å². The molecule has 1 saturated heterocycles. The highest BCUT2D eigenvalue weighted by atomic mass is 80.0. The van der Waals surface area contributed by atoms with Gasteiger partial charge in [0.2, 0.25) is 0 Å². The van der Waals surface area contributed by atoms with E-state index in [9.17, 15) is 0 Å². The van der Waals surface area contributed by atoms with Gasteiger partial charge in [0.1, 0.15) is 0 Å². The van der Waals surface area contributed by atoms with E-state index in [4.69, 9.17) is 0 Å². The molecule has 2 nitrogen and oxygen atoms in total. The summed E-state index contributed by atoms with van der Waals surface area (Å²) < 4.78 is 0.896. The molecule has 1 heterocycles. The molecule has 0 atom stereocenters. The molecule has 1 rings (SSSR count). The fourth-order valence-corrected chi connectivity index (χ4v) is 4.96. The molecule has 0 aromatic rings. The molecule has 0 aromatic heterocycles. The Balaban J connectivity index is 2.39. The van der Waals surface area contributed by atoms with Crippen LogP contribution >= 0.6 is 45.9 Å². The zero-order valence-electron chi connectivity index (χ0n) is 6.36. The van der Waals surface area contributed by atoms with Crippen LogP contribution in [0.25, 0.3) is 0 Å². The fraction of sp³-hybridized carbons (Fsp3) is 1.00. The van der Waals surface area contributed by atoms with Crippen LogP contribution in [0.15, 0.2) is 0 Å². The van der Waals surface area contributed by atoms with Gasteiger partial charge in [-0.25, -0.2) is 0 Å². The summed E-state index contributed by atoms with van der Waals surface area (Å²) >= 11 is 10.9. The van der Waals surface area contributed by atoms with Crippen LogP contribution in [0.4, 0.5) is 0 Å². The summed E-state index contributed by atoms with van der Waals surface area (Å²) in [7, 11) is 2.16. The predicted octanol–water partition coefficient (Wildman–Crippen LogP) is 1.85. The topological polar surface area (TPSA) is 6.48 Å². The Kier molecular flexibility index (Phi) is 4.06. The zero-order chi connectivity index (χ0) is 8.48. The first kappa shape index (κ1) is 10.7. The molecular formula is C5H11Br3N2Si. The smallest absolute Gasteiger partial charge is 0.304 e. The average Bonchev–Trinajstić information content (AvgIpc) is 1.86. The van der Waals surface area contributed by atoms with Crippen molar-refractivity contribution in [1.29, 1.82) is 0 Å². The van der Waals surface area contributed by atoms with E-state index in [0.717, 1.165) is 26.2 Å². The molecule has 0 bridgehead atoms. The molecule has 66 valence electrons. The minimum absolute atomic E-state index is 1.14. The maximum Gasteiger partial charge on any atom is 0.344 e. The van der Waals surface area contributed by atoms with E-state index in [1.54, 1.807) is 0 Å². The quantitative estimate of drug-likeness (QED) is 0.516. The van der Waals surface area contributed by atoms with E-state index in [1.807, 2.05) is 0 Å². The molecule has 0 N–H and O–H groups in total. The van der Waals surface area contributed by atoms with Gasteiger partial charge in [-0.15, -0.1) is 0 Å². The van der Waals surface area contributed by atoms with Gasteiger partial charge in [0.05, 0.1) is 0 Å². The third-order valence-corrected chi connectivity index (χ3v) is 7.54. The van der Waals surface area contributed by atoms with Crippen LogP contribution in [0, 0.1) is 0 Å². The molecule has 0 amide bonds. The molecule has 0 spiro atoms. The number of rotatable bonds is 1. The minimum Gasteiger partial charge on any atom is -0.304 e. The number of nitrogens with zero attached hydrogens (tertiary/aromatic N) is 2. The third kappa shape index (κ3) is 3.44. The van der Waals surface area contributed by atoms with Crippen LogP contribution in [0.1, 0.15) is 0 Å². The maximum atomic E-state index is 3.64. The lowest BCUT2D eigenvalue weighted by Gasteiger charge is -2.36. The second-order valence-corrected chi connectivity index (χ2v) is 24.2. The van der Waals surface area contributed by atoms with Crippen LogP contribution in [0.2, 0.25) is 0 Å². The standard InChI is InChI=1S/C5H11Br3N2Si/c1-9-2-4-10(5-3-9)11(6,7)8/h2-5H2,1H3. The van der Waals surface area contributed by atoms with Crippen molar-refractivity contribution < 1.29 is 0 Å². The summed E-state index contributed by atoms with van der Waals surface area (Å²) in [5.41, 5.74) is 0. The number of halogens is 3. The van der Waals surface area contributed by atoms with Gasteiger partial charge in [-0.1, -0.05) is 45.9 Å². The Labute approximate surface area is 92.1 Å². The van der Waals surface area contributed by atoms with Gasteiger partial charge < -0.3 is 4.90 Å². The molecule has 1 fully saturated rings. The van der Waals surface area contributed by atoms with Crippen LogP contribution in [-0.4, -0.2) is 46.8 Å². The molecule has 0 aromatic carbocycles. The van der Waals surface area contributed by atoms with E-state index in [0.29, 0.717) is 0 Å². The van der Waals surface area contributed by atoms with Crippen LogP contribution < -0.4 is 0 Å². The highest BCUT2D eigenvalue weighted by molar-refractivity contribution is 9.71. The van der Waals surface area contributed by atoms with E-state index < -0.39 is 4.09 Å². The van der Waals surface area contributed by atoms with Gasteiger partial charge in [-0.3, -0.25) is 4.57 Å².